The maximum atomic E-state index is 13.7. The van der Waals surface area contributed by atoms with Crippen LogP contribution >= 0.6 is 0 Å². The minimum atomic E-state index is -1.06. The van der Waals surface area contributed by atoms with Crippen LogP contribution < -0.4 is 10.5 Å². The summed E-state index contributed by atoms with van der Waals surface area (Å²) in [7, 11) is 0. The van der Waals surface area contributed by atoms with Crippen LogP contribution in [0, 0.1) is 5.82 Å². The Hall–Kier alpha value is -1.84. The van der Waals surface area contributed by atoms with Crippen molar-refractivity contribution >= 4 is 16.5 Å². The van der Waals surface area contributed by atoms with Crippen LogP contribution in [-0.4, -0.2) is 6.86 Å². The minimum absolute atomic E-state index is 0.0429. The fourth-order valence-corrected chi connectivity index (χ4v) is 2.11. The van der Waals surface area contributed by atoms with Gasteiger partial charge in [0.15, 0.2) is 11.6 Å². The van der Waals surface area contributed by atoms with Crippen LogP contribution in [-0.2, 0) is 0 Å². The van der Waals surface area contributed by atoms with Crippen molar-refractivity contribution in [1.29, 1.82) is 0 Å². The van der Waals surface area contributed by atoms with Gasteiger partial charge in [0.05, 0.1) is 0 Å². The molecule has 2 rings (SSSR count). The number of fused-ring (bicyclic) bond motifs is 1. The summed E-state index contributed by atoms with van der Waals surface area (Å²) >= 11 is 0. The molecule has 2 nitrogen and oxygen atoms in total. The van der Waals surface area contributed by atoms with Crippen LogP contribution in [0.2, 0.25) is 0 Å². The van der Waals surface area contributed by atoms with E-state index in [2.05, 4.69) is 0 Å². The quantitative estimate of drug-likeness (QED) is 0.837. The summed E-state index contributed by atoms with van der Waals surface area (Å²) in [4.78, 5) is 0. The van der Waals surface area contributed by atoms with Gasteiger partial charge in [0.1, 0.15) is 0 Å². The molecule has 0 heterocycles. The van der Waals surface area contributed by atoms with Crippen molar-refractivity contribution in [3.05, 3.63) is 35.6 Å². The molecule has 0 atom stereocenters. The zero-order valence-electron chi connectivity index (χ0n) is 10.3. The maximum absolute atomic E-state index is 13.7. The first-order valence-corrected chi connectivity index (χ1v) is 5.75. The predicted molar refractivity (Wildman–Crippen MR) is 69.0 cm³/mol. The summed E-state index contributed by atoms with van der Waals surface area (Å²) in [6.07, 6.45) is 0. The molecule has 4 heteroatoms. The van der Waals surface area contributed by atoms with Gasteiger partial charge in [-0.05, 0) is 35.1 Å². The molecule has 0 amide bonds. The first kappa shape index (κ1) is 12.6. The van der Waals surface area contributed by atoms with Gasteiger partial charge in [-0.15, -0.1) is 0 Å². The molecule has 0 unspecified atom stereocenters. The molecule has 0 saturated carbocycles. The van der Waals surface area contributed by atoms with Gasteiger partial charge < -0.3 is 10.5 Å². The van der Waals surface area contributed by atoms with E-state index in [1.165, 1.54) is 6.07 Å². The molecule has 0 bridgehead atoms. The summed E-state index contributed by atoms with van der Waals surface area (Å²) in [5.74, 6) is -0.467. The predicted octanol–water partition coefficient (Wildman–Crippen LogP) is 3.99. The van der Waals surface area contributed by atoms with Crippen molar-refractivity contribution in [3.8, 4) is 5.75 Å². The Morgan fingerprint density at radius 2 is 2.00 bits per heavy atom. The van der Waals surface area contributed by atoms with Crippen molar-refractivity contribution in [2.45, 2.75) is 19.8 Å². The molecule has 0 aliphatic heterocycles. The highest BCUT2D eigenvalue weighted by atomic mass is 19.1. The van der Waals surface area contributed by atoms with Crippen LogP contribution in [0.4, 0.5) is 14.5 Å². The Bertz CT molecular complexity index is 582. The van der Waals surface area contributed by atoms with Crippen molar-refractivity contribution < 1.29 is 13.5 Å². The highest BCUT2D eigenvalue weighted by Gasteiger charge is 2.15. The third kappa shape index (κ3) is 2.10. The molecule has 2 aromatic carbocycles. The summed E-state index contributed by atoms with van der Waals surface area (Å²) in [5.41, 5.74) is 7.27. The van der Waals surface area contributed by atoms with E-state index < -0.39 is 12.7 Å². The number of hydrogen-bond acceptors (Lipinski definition) is 2. The van der Waals surface area contributed by atoms with Crippen molar-refractivity contribution in [1.82, 2.24) is 0 Å². The number of rotatable bonds is 3. The molecule has 0 radical (unpaired) electrons. The van der Waals surface area contributed by atoms with E-state index in [-0.39, 0.29) is 11.7 Å². The lowest BCUT2D eigenvalue weighted by atomic mass is 9.94. The van der Waals surface area contributed by atoms with E-state index in [0.717, 1.165) is 10.9 Å². The number of hydrogen-bond donors (Lipinski definition) is 1. The second kappa shape index (κ2) is 4.80. The average molecular weight is 251 g/mol. The largest absolute Gasteiger partial charge is 0.459 e. The fourth-order valence-electron chi connectivity index (χ4n) is 2.11. The Labute approximate surface area is 104 Å². The lowest BCUT2D eigenvalue weighted by molar-refractivity contribution is 0.186. The van der Waals surface area contributed by atoms with Gasteiger partial charge in [0, 0.05) is 11.1 Å². The molecule has 2 aromatic rings. The number of nitrogen functional groups attached to an aromatic ring is 1. The smallest absolute Gasteiger partial charge is 0.228 e. The van der Waals surface area contributed by atoms with Gasteiger partial charge in [-0.25, -0.2) is 8.78 Å². The first-order chi connectivity index (χ1) is 8.54. The summed E-state index contributed by atoms with van der Waals surface area (Å²) in [6.45, 7) is 2.88. The zero-order chi connectivity index (χ0) is 13.3. The Morgan fingerprint density at radius 3 is 2.61 bits per heavy atom. The van der Waals surface area contributed by atoms with E-state index in [1.807, 2.05) is 13.8 Å². The van der Waals surface area contributed by atoms with Crippen LogP contribution in [0.25, 0.3) is 10.8 Å². The summed E-state index contributed by atoms with van der Waals surface area (Å²) in [6, 6.07) is 6.39. The number of alkyl halides is 1. The normalized spacial score (nSPS) is 11.2. The van der Waals surface area contributed by atoms with Crippen molar-refractivity contribution in [3.63, 3.8) is 0 Å². The molecular formula is C14H15F2NO. The molecule has 18 heavy (non-hydrogen) atoms. The zero-order valence-corrected chi connectivity index (χ0v) is 10.3. The number of ether oxygens (including phenoxy) is 1. The van der Waals surface area contributed by atoms with E-state index in [9.17, 15) is 8.78 Å². The molecule has 0 aromatic heterocycles. The molecule has 2 N–H and O–H groups in total. The third-order valence-corrected chi connectivity index (χ3v) is 2.90. The minimum Gasteiger partial charge on any atom is -0.459 e. The molecule has 96 valence electrons. The SMILES string of the molecule is CC(C)c1cc(N)cc2ccc(F)c(OCF)c12. The second-order valence-corrected chi connectivity index (χ2v) is 4.49. The number of nitrogens with two attached hydrogens (primary N) is 1. The van der Waals surface area contributed by atoms with Gasteiger partial charge in [-0.1, -0.05) is 19.9 Å². The molecule has 0 aliphatic rings. The van der Waals surface area contributed by atoms with Gasteiger partial charge in [-0.2, -0.15) is 0 Å². The van der Waals surface area contributed by atoms with Gasteiger partial charge >= 0.3 is 0 Å². The van der Waals surface area contributed by atoms with Gasteiger partial charge in [0.25, 0.3) is 0 Å². The number of halogens is 2. The lowest BCUT2D eigenvalue weighted by Crippen LogP contribution is -2.00. The van der Waals surface area contributed by atoms with E-state index in [4.69, 9.17) is 10.5 Å². The highest BCUT2D eigenvalue weighted by molar-refractivity contribution is 5.94. The van der Waals surface area contributed by atoms with Crippen molar-refractivity contribution in [2.75, 3.05) is 12.6 Å². The lowest BCUT2D eigenvalue weighted by Gasteiger charge is -2.15. The molecule has 0 spiro atoms. The van der Waals surface area contributed by atoms with Gasteiger partial charge in [0.2, 0.25) is 6.86 Å². The van der Waals surface area contributed by atoms with Gasteiger partial charge in [-0.3, -0.25) is 0 Å². The second-order valence-electron chi connectivity index (χ2n) is 4.49. The number of anilines is 1. The summed E-state index contributed by atoms with van der Waals surface area (Å²) < 4.78 is 30.9. The van der Waals surface area contributed by atoms with Crippen molar-refractivity contribution in [2.24, 2.45) is 0 Å². The number of benzene rings is 2. The summed E-state index contributed by atoms with van der Waals surface area (Å²) in [5, 5.41) is 1.35. The van der Waals surface area contributed by atoms with Crippen LogP contribution in [0.15, 0.2) is 24.3 Å². The standard InChI is InChI=1S/C14H15F2NO/c1-8(2)11-6-10(17)5-9-3-4-12(16)14(13(9)11)18-7-15/h3-6,8H,7,17H2,1-2H3. The Kier molecular flexibility index (Phi) is 3.36. The van der Waals surface area contributed by atoms with E-state index in [1.54, 1.807) is 18.2 Å². The molecule has 0 fully saturated rings. The van der Waals surface area contributed by atoms with Crippen LogP contribution in [0.5, 0.6) is 5.75 Å². The Morgan fingerprint density at radius 1 is 1.28 bits per heavy atom. The third-order valence-electron chi connectivity index (χ3n) is 2.90. The molecule has 0 saturated heterocycles. The molecule has 0 aliphatic carbocycles. The van der Waals surface area contributed by atoms with E-state index >= 15 is 0 Å². The fraction of sp³-hybridized carbons (Fsp3) is 0.286. The van der Waals surface area contributed by atoms with Crippen LogP contribution in [0.3, 0.4) is 0 Å². The topological polar surface area (TPSA) is 35.2 Å². The van der Waals surface area contributed by atoms with Crippen LogP contribution in [0.1, 0.15) is 25.3 Å². The van der Waals surface area contributed by atoms with E-state index in [0.29, 0.717) is 11.1 Å². The molecular weight excluding hydrogens is 236 g/mol. The Balaban J connectivity index is 2.84. The highest BCUT2D eigenvalue weighted by Crippen LogP contribution is 2.36. The maximum Gasteiger partial charge on any atom is 0.228 e. The monoisotopic (exact) mass is 251 g/mol. The first-order valence-electron chi connectivity index (χ1n) is 5.75. The average Bonchev–Trinajstić information content (AvgIpc) is 2.32.